The highest BCUT2D eigenvalue weighted by molar-refractivity contribution is 5.90. The minimum Gasteiger partial charge on any atom is -0.456 e. The highest BCUT2D eigenvalue weighted by Crippen LogP contribution is 2.33. The molecule has 11 nitrogen and oxygen atoms in total. The Hall–Kier alpha value is -3.15. The van der Waals surface area contributed by atoms with Crippen LogP contribution in [-0.4, -0.2) is 54.4 Å². The molecule has 1 aliphatic heterocycles. The molecule has 0 aromatic carbocycles. The fraction of sp³-hybridized carbons (Fsp3) is 0.389. The molecule has 0 saturated carbocycles. The van der Waals surface area contributed by atoms with Crippen LogP contribution >= 0.6 is 0 Å². The fourth-order valence-electron chi connectivity index (χ4n) is 3.39. The summed E-state index contributed by atoms with van der Waals surface area (Å²) >= 11 is 0. The first-order valence-electron chi connectivity index (χ1n) is 9.10. The van der Waals surface area contributed by atoms with E-state index in [1.54, 1.807) is 29.8 Å². The van der Waals surface area contributed by atoms with Crippen molar-refractivity contribution < 1.29 is 19.4 Å². The highest BCUT2D eigenvalue weighted by atomic mass is 16.6. The van der Waals surface area contributed by atoms with Gasteiger partial charge in [0.1, 0.15) is 30.3 Å². The zero-order valence-corrected chi connectivity index (χ0v) is 15.7. The van der Waals surface area contributed by atoms with Gasteiger partial charge in [-0.3, -0.25) is 9.55 Å². The first kappa shape index (κ1) is 19.2. The summed E-state index contributed by atoms with van der Waals surface area (Å²) in [7, 11) is 0. The molecule has 1 aliphatic rings. The molecule has 152 valence electrons. The Labute approximate surface area is 165 Å². The highest BCUT2D eigenvalue weighted by Gasteiger charge is 2.39. The van der Waals surface area contributed by atoms with Crippen molar-refractivity contribution in [2.45, 2.75) is 37.8 Å². The number of carbonyl (C=O) groups is 1. The molecule has 1 fully saturated rings. The molecule has 3 aromatic heterocycles. The molecule has 29 heavy (non-hydrogen) atoms. The number of esters is 1. The van der Waals surface area contributed by atoms with Crippen molar-refractivity contribution in [2.24, 2.45) is 5.73 Å². The summed E-state index contributed by atoms with van der Waals surface area (Å²) < 4.78 is 13.2. The lowest BCUT2D eigenvalue weighted by atomic mass is 10.1. The number of nitrogens with two attached hydrogens (primary N) is 2. The monoisotopic (exact) mass is 399 g/mol. The van der Waals surface area contributed by atoms with Gasteiger partial charge in [0.25, 0.3) is 0 Å². The Morgan fingerprint density at radius 1 is 1.41 bits per heavy atom. The van der Waals surface area contributed by atoms with E-state index >= 15 is 0 Å². The van der Waals surface area contributed by atoms with Gasteiger partial charge in [-0.25, -0.2) is 19.7 Å². The number of imidazole rings is 1. The molecule has 4 rings (SSSR count). The summed E-state index contributed by atoms with van der Waals surface area (Å²) in [5.41, 5.74) is 13.4. The maximum absolute atomic E-state index is 12.7. The van der Waals surface area contributed by atoms with E-state index in [0.29, 0.717) is 23.3 Å². The second-order valence-electron chi connectivity index (χ2n) is 6.80. The second-order valence-corrected chi connectivity index (χ2v) is 6.80. The fourth-order valence-corrected chi connectivity index (χ4v) is 3.39. The normalized spacial score (nSPS) is 22.7. The van der Waals surface area contributed by atoms with Crippen LogP contribution in [0.1, 0.15) is 41.7 Å². The molecule has 1 saturated heterocycles. The number of pyridine rings is 1. The number of ether oxygens (including phenoxy) is 2. The minimum absolute atomic E-state index is 0.258. The summed E-state index contributed by atoms with van der Waals surface area (Å²) in [6.07, 6.45) is 2.84. The van der Waals surface area contributed by atoms with E-state index in [2.05, 4.69) is 19.9 Å². The van der Waals surface area contributed by atoms with E-state index in [9.17, 15) is 9.90 Å². The number of fused-ring (bicyclic) bond motifs is 1. The van der Waals surface area contributed by atoms with Gasteiger partial charge in [0.2, 0.25) is 0 Å². The van der Waals surface area contributed by atoms with E-state index in [1.807, 2.05) is 0 Å². The van der Waals surface area contributed by atoms with E-state index < -0.39 is 30.4 Å². The molecule has 5 N–H and O–H groups in total. The van der Waals surface area contributed by atoms with E-state index in [-0.39, 0.29) is 18.0 Å². The number of nitrogen functional groups attached to an aromatic ring is 1. The van der Waals surface area contributed by atoms with Gasteiger partial charge < -0.3 is 26.0 Å². The third-order valence-corrected chi connectivity index (χ3v) is 4.81. The van der Waals surface area contributed by atoms with Crippen molar-refractivity contribution >= 4 is 23.0 Å². The lowest BCUT2D eigenvalue weighted by molar-refractivity contribution is -0.0500. The number of hydrogen-bond acceptors (Lipinski definition) is 10. The number of aliphatic hydroxyl groups excluding tert-OH is 1. The van der Waals surface area contributed by atoms with Crippen molar-refractivity contribution in [3.63, 3.8) is 0 Å². The maximum Gasteiger partial charge on any atom is 0.340 e. The topological polar surface area (TPSA) is 164 Å². The molecule has 2 unspecified atom stereocenters. The van der Waals surface area contributed by atoms with Gasteiger partial charge in [-0.1, -0.05) is 0 Å². The third-order valence-electron chi connectivity index (χ3n) is 4.81. The average molecular weight is 399 g/mol. The number of hydrogen-bond donors (Lipinski definition) is 3. The molecule has 4 atom stereocenters. The van der Waals surface area contributed by atoms with Crippen LogP contribution in [-0.2, 0) is 9.47 Å². The molecule has 0 bridgehead atoms. The predicted octanol–water partition coefficient (Wildman–Crippen LogP) is 0.329. The molecule has 0 radical (unpaired) electrons. The number of aromatic nitrogens is 5. The molecular weight excluding hydrogens is 378 g/mol. The van der Waals surface area contributed by atoms with Crippen LogP contribution in [0.3, 0.4) is 0 Å². The Morgan fingerprint density at radius 3 is 3.00 bits per heavy atom. The van der Waals surface area contributed by atoms with Gasteiger partial charge in [0.05, 0.1) is 24.2 Å². The number of rotatable bonds is 5. The van der Waals surface area contributed by atoms with Crippen molar-refractivity contribution in [3.8, 4) is 0 Å². The van der Waals surface area contributed by atoms with Crippen molar-refractivity contribution in [1.29, 1.82) is 0 Å². The Balaban J connectivity index is 1.56. The summed E-state index contributed by atoms with van der Waals surface area (Å²) in [4.78, 5) is 29.2. The molecule has 0 amide bonds. The molecule has 0 aliphatic carbocycles. The van der Waals surface area contributed by atoms with Crippen LogP contribution in [0.2, 0.25) is 0 Å². The van der Waals surface area contributed by atoms with Gasteiger partial charge >= 0.3 is 5.97 Å². The van der Waals surface area contributed by atoms with Gasteiger partial charge in [0.15, 0.2) is 11.5 Å². The Bertz CT molecular complexity index is 1040. The van der Waals surface area contributed by atoms with Gasteiger partial charge in [-0.2, -0.15) is 0 Å². The molecular formula is C18H21N7O4. The van der Waals surface area contributed by atoms with Crippen molar-refractivity contribution in [1.82, 2.24) is 24.5 Å². The molecule has 3 aromatic rings. The summed E-state index contributed by atoms with van der Waals surface area (Å²) in [6.45, 7) is 1.42. The van der Waals surface area contributed by atoms with Crippen LogP contribution in [0.5, 0.6) is 0 Å². The minimum atomic E-state index is -0.698. The smallest absolute Gasteiger partial charge is 0.340 e. The first-order valence-corrected chi connectivity index (χ1v) is 9.10. The zero-order valence-electron chi connectivity index (χ0n) is 15.7. The maximum atomic E-state index is 12.7. The number of anilines is 1. The first-order chi connectivity index (χ1) is 14.0. The zero-order chi connectivity index (χ0) is 20.5. The largest absolute Gasteiger partial charge is 0.456 e. The van der Waals surface area contributed by atoms with E-state index in [4.69, 9.17) is 20.9 Å². The molecule has 4 heterocycles. The van der Waals surface area contributed by atoms with Crippen LogP contribution in [0, 0.1) is 0 Å². The average Bonchev–Trinajstić information content (AvgIpc) is 3.32. The SMILES string of the molecule is CC(N)c1ncccc1C(=O)O[C@@H]1C[C@H](n2cnc3c(N)ncnc32)OC1CO. The van der Waals surface area contributed by atoms with Crippen LogP contribution in [0.25, 0.3) is 11.2 Å². The number of aliphatic hydroxyl groups is 1. The van der Waals surface area contributed by atoms with Crippen molar-refractivity contribution in [2.75, 3.05) is 12.3 Å². The summed E-state index contributed by atoms with van der Waals surface area (Å²) in [6, 6.07) is 2.82. The molecule has 0 spiro atoms. The third kappa shape index (κ3) is 3.50. The molecule has 11 heteroatoms. The van der Waals surface area contributed by atoms with Gasteiger partial charge in [0, 0.05) is 18.7 Å². The number of carbonyl (C=O) groups excluding carboxylic acids is 1. The summed E-state index contributed by atoms with van der Waals surface area (Å²) in [5.74, 6) is -0.311. The Morgan fingerprint density at radius 2 is 2.24 bits per heavy atom. The summed E-state index contributed by atoms with van der Waals surface area (Å²) in [5, 5.41) is 9.72. The van der Waals surface area contributed by atoms with Crippen LogP contribution in [0.15, 0.2) is 31.0 Å². The van der Waals surface area contributed by atoms with Crippen LogP contribution in [0.4, 0.5) is 5.82 Å². The van der Waals surface area contributed by atoms with Crippen molar-refractivity contribution in [3.05, 3.63) is 42.2 Å². The lowest BCUT2D eigenvalue weighted by Gasteiger charge is -2.18. The van der Waals surface area contributed by atoms with Gasteiger partial charge in [-0.15, -0.1) is 0 Å². The van der Waals surface area contributed by atoms with E-state index in [1.165, 1.54) is 12.7 Å². The quantitative estimate of drug-likeness (QED) is 0.509. The number of nitrogens with zero attached hydrogens (tertiary/aromatic N) is 5. The second kappa shape index (κ2) is 7.70. The van der Waals surface area contributed by atoms with E-state index in [0.717, 1.165) is 0 Å². The predicted molar refractivity (Wildman–Crippen MR) is 101 cm³/mol. The Kier molecular flexibility index (Phi) is 5.09. The van der Waals surface area contributed by atoms with Gasteiger partial charge in [-0.05, 0) is 19.1 Å². The standard InChI is InChI=1S/C18H21N7O4/c1-9(19)14-10(3-2-4-21-14)18(27)29-11-5-13(28-12(11)6-26)25-8-24-15-16(20)22-7-23-17(15)25/h2-4,7-9,11-13,26H,5-6,19H2,1H3,(H2,20,22,23)/t9?,11-,12?,13-/m1/s1. The lowest BCUT2D eigenvalue weighted by Crippen LogP contribution is -2.30. The van der Waals surface area contributed by atoms with Crippen LogP contribution < -0.4 is 11.5 Å².